The molecule has 1 aliphatic heterocycles. The van der Waals surface area contributed by atoms with Crippen LogP contribution in [0.15, 0.2) is 36.8 Å². The van der Waals surface area contributed by atoms with E-state index >= 15 is 0 Å². The molecule has 31 heavy (non-hydrogen) atoms. The number of anilines is 3. The number of nitrogens with one attached hydrogen (secondary N) is 1. The number of morpholine rings is 1. The minimum atomic E-state index is 0.126. The largest absolute Gasteiger partial charge is 0.474 e. The van der Waals surface area contributed by atoms with Crippen molar-refractivity contribution in [2.24, 2.45) is 0 Å². The number of nitrogen functional groups attached to an aromatic ring is 1. The molecule has 0 unspecified atom stereocenters. The Hall–Kier alpha value is -3.20. The third-order valence-electron chi connectivity index (χ3n) is 5.84. The standard InChI is InChI=1S/C22H27N7O2/c23-15-13-25-22(26-14-15)27-16-3-5-17(6-4-16)31-21-18-2-1-7-24-19(18)12-20(28-21)29-8-10-30-11-9-29/h1-2,7,12-14,16-17H,3-6,8-11,23H2,(H,25,26,27). The van der Waals surface area contributed by atoms with Gasteiger partial charge in [0.15, 0.2) is 0 Å². The number of hydrogen-bond acceptors (Lipinski definition) is 9. The molecule has 0 bridgehead atoms. The van der Waals surface area contributed by atoms with Gasteiger partial charge in [0.05, 0.1) is 42.2 Å². The summed E-state index contributed by atoms with van der Waals surface area (Å²) in [7, 11) is 0. The van der Waals surface area contributed by atoms with Crippen LogP contribution in [0.1, 0.15) is 25.7 Å². The molecule has 9 heteroatoms. The maximum Gasteiger partial charge on any atom is 0.225 e. The minimum absolute atomic E-state index is 0.126. The lowest BCUT2D eigenvalue weighted by Gasteiger charge is -2.31. The molecule has 0 aromatic carbocycles. The Labute approximate surface area is 181 Å². The molecule has 1 saturated carbocycles. The first-order valence-corrected chi connectivity index (χ1v) is 10.8. The number of ether oxygens (including phenoxy) is 2. The van der Waals surface area contributed by atoms with Crippen LogP contribution < -0.4 is 20.7 Å². The first-order chi connectivity index (χ1) is 15.2. The van der Waals surface area contributed by atoms with Crippen molar-refractivity contribution < 1.29 is 9.47 Å². The number of fused-ring (bicyclic) bond motifs is 1. The molecule has 0 amide bonds. The molecule has 0 spiro atoms. The molecule has 1 saturated heterocycles. The van der Waals surface area contributed by atoms with Gasteiger partial charge in [0, 0.05) is 31.4 Å². The van der Waals surface area contributed by atoms with Crippen molar-refractivity contribution in [3.05, 3.63) is 36.8 Å². The van der Waals surface area contributed by atoms with Gasteiger partial charge in [0.25, 0.3) is 0 Å². The van der Waals surface area contributed by atoms with Gasteiger partial charge in [-0.3, -0.25) is 4.98 Å². The van der Waals surface area contributed by atoms with E-state index in [9.17, 15) is 0 Å². The molecule has 3 aromatic rings. The van der Waals surface area contributed by atoms with Gasteiger partial charge >= 0.3 is 0 Å². The summed E-state index contributed by atoms with van der Waals surface area (Å²) in [4.78, 5) is 20.1. The Morgan fingerprint density at radius 3 is 2.61 bits per heavy atom. The van der Waals surface area contributed by atoms with Crippen molar-refractivity contribution in [2.75, 3.05) is 42.3 Å². The lowest BCUT2D eigenvalue weighted by molar-refractivity contribution is 0.122. The summed E-state index contributed by atoms with van der Waals surface area (Å²) in [5.74, 6) is 2.20. The fourth-order valence-corrected chi connectivity index (χ4v) is 4.15. The van der Waals surface area contributed by atoms with Crippen LogP contribution in [0, 0.1) is 0 Å². The van der Waals surface area contributed by atoms with Crippen molar-refractivity contribution in [1.29, 1.82) is 0 Å². The molecule has 2 fully saturated rings. The van der Waals surface area contributed by atoms with Crippen LogP contribution in [0.25, 0.3) is 10.9 Å². The van der Waals surface area contributed by atoms with E-state index in [1.54, 1.807) is 12.4 Å². The van der Waals surface area contributed by atoms with Gasteiger partial charge in [-0.2, -0.15) is 4.98 Å². The fourth-order valence-electron chi connectivity index (χ4n) is 4.15. The van der Waals surface area contributed by atoms with Crippen molar-refractivity contribution in [2.45, 2.75) is 37.8 Å². The summed E-state index contributed by atoms with van der Waals surface area (Å²) in [6.45, 7) is 3.09. The first-order valence-electron chi connectivity index (χ1n) is 10.8. The van der Waals surface area contributed by atoms with Gasteiger partial charge in [-0.1, -0.05) is 0 Å². The average Bonchev–Trinajstić information content (AvgIpc) is 2.82. The maximum absolute atomic E-state index is 6.43. The van der Waals surface area contributed by atoms with Gasteiger partial charge < -0.3 is 25.4 Å². The Bertz CT molecular complexity index is 1020. The van der Waals surface area contributed by atoms with Gasteiger partial charge in [0.1, 0.15) is 11.9 Å². The second-order valence-corrected chi connectivity index (χ2v) is 8.03. The molecule has 3 N–H and O–H groups in total. The monoisotopic (exact) mass is 421 g/mol. The van der Waals surface area contributed by atoms with Crippen molar-refractivity contribution in [3.8, 4) is 5.88 Å². The van der Waals surface area contributed by atoms with Crippen molar-refractivity contribution in [1.82, 2.24) is 19.9 Å². The third-order valence-corrected chi connectivity index (χ3v) is 5.84. The minimum Gasteiger partial charge on any atom is -0.474 e. The Morgan fingerprint density at radius 1 is 1.06 bits per heavy atom. The summed E-state index contributed by atoms with van der Waals surface area (Å²) in [5, 5.41) is 4.35. The number of aromatic nitrogens is 4. The molecule has 2 aliphatic rings. The Morgan fingerprint density at radius 2 is 1.84 bits per heavy atom. The molecule has 0 radical (unpaired) electrons. The molecule has 1 aliphatic carbocycles. The van der Waals surface area contributed by atoms with Crippen LogP contribution in [0.5, 0.6) is 5.88 Å². The molecule has 162 valence electrons. The van der Waals surface area contributed by atoms with E-state index in [2.05, 4.69) is 25.2 Å². The zero-order valence-electron chi connectivity index (χ0n) is 17.4. The van der Waals surface area contributed by atoms with E-state index in [0.717, 1.165) is 55.5 Å². The smallest absolute Gasteiger partial charge is 0.225 e. The highest BCUT2D eigenvalue weighted by Crippen LogP contribution is 2.31. The fraction of sp³-hybridized carbons (Fsp3) is 0.455. The number of nitrogens with zero attached hydrogens (tertiary/aromatic N) is 5. The highest BCUT2D eigenvalue weighted by molar-refractivity contribution is 5.85. The Kier molecular flexibility index (Phi) is 5.66. The zero-order valence-corrected chi connectivity index (χ0v) is 17.4. The molecule has 0 atom stereocenters. The summed E-state index contributed by atoms with van der Waals surface area (Å²) in [6, 6.07) is 6.33. The SMILES string of the molecule is Nc1cnc(NC2CCC(Oc3nc(N4CCOCC4)cc4ncccc34)CC2)nc1. The summed E-state index contributed by atoms with van der Waals surface area (Å²) in [6.07, 6.45) is 9.03. The van der Waals surface area contributed by atoms with Crippen LogP contribution >= 0.6 is 0 Å². The van der Waals surface area contributed by atoms with E-state index in [1.807, 2.05) is 24.4 Å². The predicted molar refractivity (Wildman–Crippen MR) is 119 cm³/mol. The van der Waals surface area contributed by atoms with E-state index in [1.165, 1.54) is 0 Å². The van der Waals surface area contributed by atoms with Gasteiger partial charge in [0.2, 0.25) is 11.8 Å². The summed E-state index contributed by atoms with van der Waals surface area (Å²) < 4.78 is 11.9. The first kappa shape index (κ1) is 19.7. The van der Waals surface area contributed by atoms with Crippen LogP contribution in [0.2, 0.25) is 0 Å². The number of hydrogen-bond donors (Lipinski definition) is 2. The van der Waals surface area contributed by atoms with Crippen molar-refractivity contribution >= 4 is 28.4 Å². The molecular weight excluding hydrogens is 394 g/mol. The number of rotatable bonds is 5. The van der Waals surface area contributed by atoms with Crippen LogP contribution in [-0.4, -0.2) is 58.4 Å². The zero-order chi connectivity index (χ0) is 21.0. The van der Waals surface area contributed by atoms with Gasteiger partial charge in [-0.05, 0) is 37.8 Å². The van der Waals surface area contributed by atoms with Gasteiger partial charge in [-0.15, -0.1) is 0 Å². The number of nitrogens with two attached hydrogens (primary N) is 1. The summed E-state index contributed by atoms with van der Waals surface area (Å²) in [5.41, 5.74) is 7.13. The quantitative estimate of drug-likeness (QED) is 0.642. The van der Waals surface area contributed by atoms with E-state index in [4.69, 9.17) is 20.2 Å². The molecule has 3 aromatic heterocycles. The summed E-state index contributed by atoms with van der Waals surface area (Å²) >= 11 is 0. The van der Waals surface area contributed by atoms with E-state index < -0.39 is 0 Å². The topological polar surface area (TPSA) is 111 Å². The van der Waals surface area contributed by atoms with E-state index in [0.29, 0.717) is 36.8 Å². The average molecular weight is 422 g/mol. The second-order valence-electron chi connectivity index (χ2n) is 8.03. The lowest BCUT2D eigenvalue weighted by atomic mass is 9.93. The highest BCUT2D eigenvalue weighted by Gasteiger charge is 2.25. The normalized spacial score (nSPS) is 21.7. The molecule has 5 rings (SSSR count). The van der Waals surface area contributed by atoms with Crippen LogP contribution in [0.4, 0.5) is 17.5 Å². The van der Waals surface area contributed by atoms with Crippen LogP contribution in [0.3, 0.4) is 0 Å². The maximum atomic E-state index is 6.43. The highest BCUT2D eigenvalue weighted by atomic mass is 16.5. The van der Waals surface area contributed by atoms with E-state index in [-0.39, 0.29) is 6.10 Å². The molecule has 4 heterocycles. The van der Waals surface area contributed by atoms with Crippen LogP contribution in [-0.2, 0) is 4.74 Å². The third kappa shape index (κ3) is 4.61. The second kappa shape index (κ2) is 8.89. The Balaban J connectivity index is 1.27. The lowest BCUT2D eigenvalue weighted by Crippen LogP contribution is -2.37. The molecule has 9 nitrogen and oxygen atoms in total. The van der Waals surface area contributed by atoms with Crippen molar-refractivity contribution in [3.63, 3.8) is 0 Å². The molecular formula is C22H27N7O2. The predicted octanol–water partition coefficient (Wildman–Crippen LogP) is 2.64. The van der Waals surface area contributed by atoms with Gasteiger partial charge in [-0.25, -0.2) is 9.97 Å². The number of pyridine rings is 2.